The first-order chi connectivity index (χ1) is 8.47. The Morgan fingerprint density at radius 2 is 2.28 bits per heavy atom. The molecule has 1 aliphatic rings. The van der Waals surface area contributed by atoms with Gasteiger partial charge < -0.3 is 10.2 Å². The summed E-state index contributed by atoms with van der Waals surface area (Å²) in [6.07, 6.45) is 4.99. The summed E-state index contributed by atoms with van der Waals surface area (Å²) >= 11 is 0. The Morgan fingerprint density at radius 3 is 2.94 bits per heavy atom. The van der Waals surface area contributed by atoms with E-state index in [1.165, 1.54) is 6.26 Å². The molecular weight excluding hydrogens is 250 g/mol. The highest BCUT2D eigenvalue weighted by molar-refractivity contribution is 7.90. The first-order valence-corrected chi connectivity index (χ1v) is 7.96. The summed E-state index contributed by atoms with van der Waals surface area (Å²) in [5.74, 6) is 0.473. The molecule has 0 spiro atoms. The molecule has 2 heterocycles. The second-order valence-electron chi connectivity index (χ2n) is 4.87. The molecule has 0 radical (unpaired) electrons. The molecule has 1 aromatic heterocycles. The van der Waals surface area contributed by atoms with Crippen molar-refractivity contribution in [1.29, 1.82) is 0 Å². The quantitative estimate of drug-likeness (QED) is 0.886. The second kappa shape index (κ2) is 5.24. The van der Waals surface area contributed by atoms with Gasteiger partial charge >= 0.3 is 0 Å². The average molecular weight is 269 g/mol. The molecule has 5 nitrogen and oxygen atoms in total. The van der Waals surface area contributed by atoms with E-state index in [9.17, 15) is 8.42 Å². The van der Waals surface area contributed by atoms with Gasteiger partial charge in [0.1, 0.15) is 10.7 Å². The number of nitrogens with one attached hydrogen (secondary N) is 1. The molecule has 6 heteroatoms. The normalized spacial score (nSPS) is 21.8. The third-order valence-corrected chi connectivity index (χ3v) is 4.26. The van der Waals surface area contributed by atoms with E-state index in [1.807, 2.05) is 0 Å². The fourth-order valence-corrected chi connectivity index (χ4v) is 3.06. The minimum absolute atomic E-state index is 0.263. The number of likely N-dealkylation sites (N-methyl/N-ethyl adjacent to an activating group) is 1. The summed E-state index contributed by atoms with van der Waals surface area (Å²) in [4.78, 5) is 6.67. The van der Waals surface area contributed by atoms with E-state index in [4.69, 9.17) is 0 Å². The monoisotopic (exact) mass is 269 g/mol. The lowest BCUT2D eigenvalue weighted by molar-refractivity contribution is 0.260. The zero-order chi connectivity index (χ0) is 13.2. The van der Waals surface area contributed by atoms with Crippen LogP contribution in [0.3, 0.4) is 0 Å². The van der Waals surface area contributed by atoms with Gasteiger partial charge in [0.15, 0.2) is 9.84 Å². The van der Waals surface area contributed by atoms with Crippen molar-refractivity contribution < 1.29 is 8.42 Å². The van der Waals surface area contributed by atoms with Crippen LogP contribution in [0.2, 0.25) is 0 Å². The fourth-order valence-electron chi connectivity index (χ4n) is 2.28. The lowest BCUT2D eigenvalue weighted by Crippen LogP contribution is -2.40. The van der Waals surface area contributed by atoms with Gasteiger partial charge in [-0.05, 0) is 38.6 Å². The predicted octanol–water partition coefficient (Wildman–Crippen LogP) is 0.991. The van der Waals surface area contributed by atoms with Crippen LogP contribution in [0.4, 0.5) is 5.82 Å². The van der Waals surface area contributed by atoms with Gasteiger partial charge in [0.25, 0.3) is 0 Å². The van der Waals surface area contributed by atoms with Crippen molar-refractivity contribution in [3.05, 3.63) is 18.3 Å². The predicted molar refractivity (Wildman–Crippen MR) is 71.5 cm³/mol. The number of rotatable bonds is 3. The number of anilines is 1. The molecule has 0 bridgehead atoms. The number of likely N-dealkylation sites (tertiary alicyclic amines) is 1. The molecule has 2 rings (SSSR count). The number of nitrogens with zero attached hydrogens (tertiary/aromatic N) is 2. The molecule has 0 amide bonds. The summed E-state index contributed by atoms with van der Waals surface area (Å²) in [7, 11) is -1.16. The Morgan fingerprint density at radius 1 is 1.50 bits per heavy atom. The topological polar surface area (TPSA) is 62.3 Å². The van der Waals surface area contributed by atoms with E-state index in [0.29, 0.717) is 5.82 Å². The van der Waals surface area contributed by atoms with Gasteiger partial charge in [-0.3, -0.25) is 0 Å². The maximum atomic E-state index is 11.7. The van der Waals surface area contributed by atoms with E-state index in [0.717, 1.165) is 25.9 Å². The molecule has 0 saturated carbocycles. The molecule has 1 fully saturated rings. The zero-order valence-corrected chi connectivity index (χ0v) is 11.6. The molecule has 0 aliphatic carbocycles. The van der Waals surface area contributed by atoms with E-state index >= 15 is 0 Å². The number of piperidine rings is 1. The van der Waals surface area contributed by atoms with Crippen LogP contribution in [0.25, 0.3) is 0 Å². The van der Waals surface area contributed by atoms with Crippen molar-refractivity contribution in [3.63, 3.8) is 0 Å². The Hall–Kier alpha value is -1.14. The smallest absolute Gasteiger partial charge is 0.179 e. The summed E-state index contributed by atoms with van der Waals surface area (Å²) in [5, 5.41) is 3.25. The summed E-state index contributed by atoms with van der Waals surface area (Å²) in [5.41, 5.74) is 0. The Labute approximate surface area is 108 Å². The Bertz CT molecular complexity index is 516. The van der Waals surface area contributed by atoms with Crippen molar-refractivity contribution in [2.24, 2.45) is 0 Å². The summed E-state index contributed by atoms with van der Waals surface area (Å²) in [6, 6.07) is 3.50. The van der Waals surface area contributed by atoms with E-state index in [2.05, 4.69) is 22.2 Å². The largest absolute Gasteiger partial charge is 0.365 e. The molecule has 1 saturated heterocycles. The molecule has 1 N–H and O–H groups in total. The van der Waals surface area contributed by atoms with Gasteiger partial charge in [0.05, 0.1) is 0 Å². The minimum atomic E-state index is -3.24. The van der Waals surface area contributed by atoms with Crippen molar-refractivity contribution in [2.45, 2.75) is 23.8 Å². The number of hydrogen-bond donors (Lipinski definition) is 1. The number of aromatic nitrogens is 1. The molecule has 1 unspecified atom stereocenters. The molecular formula is C12H19N3O2S. The summed E-state index contributed by atoms with van der Waals surface area (Å²) < 4.78 is 23.3. The molecule has 1 aliphatic heterocycles. The van der Waals surface area contributed by atoms with Gasteiger partial charge in [0.2, 0.25) is 0 Å². The molecule has 1 atom stereocenters. The summed E-state index contributed by atoms with van der Waals surface area (Å²) in [6.45, 7) is 2.01. The van der Waals surface area contributed by atoms with Crippen molar-refractivity contribution in [1.82, 2.24) is 9.88 Å². The average Bonchev–Trinajstić information content (AvgIpc) is 2.28. The highest BCUT2D eigenvalue weighted by Gasteiger charge is 2.20. The first kappa shape index (κ1) is 13.3. The molecule has 0 aromatic carbocycles. The van der Waals surface area contributed by atoms with Crippen LogP contribution in [-0.4, -0.2) is 50.7 Å². The van der Waals surface area contributed by atoms with Crippen LogP contribution in [-0.2, 0) is 9.84 Å². The number of hydrogen-bond acceptors (Lipinski definition) is 5. The van der Waals surface area contributed by atoms with Crippen molar-refractivity contribution in [3.8, 4) is 0 Å². The highest BCUT2D eigenvalue weighted by atomic mass is 32.2. The molecule has 100 valence electrons. The number of pyridine rings is 1. The number of sulfone groups is 1. The highest BCUT2D eigenvalue weighted by Crippen LogP contribution is 2.20. The van der Waals surface area contributed by atoms with Gasteiger partial charge in [-0.25, -0.2) is 13.4 Å². The van der Waals surface area contributed by atoms with Crippen LogP contribution in [0.1, 0.15) is 12.8 Å². The van der Waals surface area contributed by atoms with Crippen molar-refractivity contribution >= 4 is 15.7 Å². The van der Waals surface area contributed by atoms with Gasteiger partial charge in [-0.2, -0.15) is 0 Å². The van der Waals surface area contributed by atoms with Gasteiger partial charge in [-0.15, -0.1) is 0 Å². The molecule has 1 aromatic rings. The third-order valence-electron chi connectivity index (χ3n) is 3.14. The first-order valence-electron chi connectivity index (χ1n) is 6.07. The van der Waals surface area contributed by atoms with Crippen LogP contribution in [0.5, 0.6) is 0 Å². The Kier molecular flexibility index (Phi) is 3.87. The molecule has 18 heavy (non-hydrogen) atoms. The maximum absolute atomic E-state index is 11.7. The van der Waals surface area contributed by atoms with E-state index in [1.54, 1.807) is 18.3 Å². The maximum Gasteiger partial charge on any atom is 0.179 e. The van der Waals surface area contributed by atoms with E-state index in [-0.39, 0.29) is 10.9 Å². The Balaban J connectivity index is 2.19. The lowest BCUT2D eigenvalue weighted by Gasteiger charge is -2.30. The van der Waals surface area contributed by atoms with Gasteiger partial charge in [0, 0.05) is 25.0 Å². The van der Waals surface area contributed by atoms with Crippen LogP contribution >= 0.6 is 0 Å². The van der Waals surface area contributed by atoms with Crippen LogP contribution in [0, 0.1) is 0 Å². The van der Waals surface area contributed by atoms with Crippen LogP contribution in [0.15, 0.2) is 23.2 Å². The SMILES string of the molecule is CN1CCCC(Nc2ncccc2S(C)(=O)=O)C1. The van der Waals surface area contributed by atoms with Crippen molar-refractivity contribution in [2.75, 3.05) is 31.7 Å². The van der Waals surface area contributed by atoms with Gasteiger partial charge in [-0.1, -0.05) is 0 Å². The van der Waals surface area contributed by atoms with E-state index < -0.39 is 9.84 Å². The fraction of sp³-hybridized carbons (Fsp3) is 0.583. The third kappa shape index (κ3) is 3.20. The standard InChI is InChI=1S/C12H19N3O2S/c1-15-8-4-5-10(9-15)14-12-11(18(2,16)17)6-3-7-13-12/h3,6-7,10H,4-5,8-9H2,1-2H3,(H,13,14). The lowest BCUT2D eigenvalue weighted by atomic mass is 10.1. The van der Waals surface area contributed by atoms with Crippen LogP contribution < -0.4 is 5.32 Å². The minimum Gasteiger partial charge on any atom is -0.365 e. The second-order valence-corrected chi connectivity index (χ2v) is 6.85. The zero-order valence-electron chi connectivity index (χ0n) is 10.8.